The van der Waals surface area contributed by atoms with Gasteiger partial charge in [0.15, 0.2) is 0 Å². The van der Waals surface area contributed by atoms with Crippen molar-refractivity contribution in [1.82, 2.24) is 10.3 Å². The third kappa shape index (κ3) is 1.48. The van der Waals surface area contributed by atoms with Crippen molar-refractivity contribution in [2.75, 3.05) is 13.1 Å². The molecule has 1 aromatic heterocycles. The van der Waals surface area contributed by atoms with Crippen molar-refractivity contribution in [3.8, 4) is 0 Å². The van der Waals surface area contributed by atoms with Gasteiger partial charge in [-0.05, 0) is 44.0 Å². The zero-order chi connectivity index (χ0) is 8.39. The zero-order valence-corrected chi connectivity index (χ0v) is 7.38. The van der Waals surface area contributed by atoms with E-state index in [1.54, 1.807) is 0 Å². The molecular formula is C10H14N2. The fourth-order valence-corrected chi connectivity index (χ4v) is 1.54. The molecule has 2 nitrogen and oxygen atoms in total. The van der Waals surface area contributed by atoms with E-state index in [1.807, 2.05) is 12.3 Å². The molecule has 1 N–H and O–H groups in total. The Bertz CT molecular complexity index is 266. The molecule has 0 aliphatic carbocycles. The SMILES string of the molecule is Cc1ncccc1CC1CNC1. The summed E-state index contributed by atoms with van der Waals surface area (Å²) < 4.78 is 0. The standard InChI is InChI=1S/C10H14N2/c1-8-10(3-2-4-12-8)5-9-6-11-7-9/h2-4,9,11H,5-7H2,1H3. The molecule has 2 rings (SSSR count). The molecule has 0 spiro atoms. The highest BCUT2D eigenvalue weighted by atomic mass is 14.9. The molecular weight excluding hydrogens is 148 g/mol. The van der Waals surface area contributed by atoms with Gasteiger partial charge in [0, 0.05) is 11.9 Å². The van der Waals surface area contributed by atoms with Gasteiger partial charge in [0.25, 0.3) is 0 Å². The van der Waals surface area contributed by atoms with Crippen LogP contribution in [-0.4, -0.2) is 18.1 Å². The van der Waals surface area contributed by atoms with Gasteiger partial charge < -0.3 is 5.32 Å². The van der Waals surface area contributed by atoms with E-state index in [4.69, 9.17) is 0 Å². The quantitative estimate of drug-likeness (QED) is 0.705. The molecule has 2 heteroatoms. The number of pyridine rings is 1. The fraction of sp³-hybridized carbons (Fsp3) is 0.500. The highest BCUT2D eigenvalue weighted by Gasteiger charge is 2.17. The van der Waals surface area contributed by atoms with E-state index in [2.05, 4.69) is 23.3 Å². The lowest BCUT2D eigenvalue weighted by molar-refractivity contribution is 0.346. The van der Waals surface area contributed by atoms with Crippen molar-refractivity contribution in [1.29, 1.82) is 0 Å². The molecule has 1 aromatic rings. The minimum absolute atomic E-state index is 0.841. The van der Waals surface area contributed by atoms with Crippen LogP contribution >= 0.6 is 0 Å². The molecule has 64 valence electrons. The Kier molecular flexibility index (Phi) is 2.09. The van der Waals surface area contributed by atoms with Gasteiger partial charge in [-0.3, -0.25) is 4.98 Å². The lowest BCUT2D eigenvalue weighted by Crippen LogP contribution is -2.43. The van der Waals surface area contributed by atoms with Crippen molar-refractivity contribution >= 4 is 0 Å². The van der Waals surface area contributed by atoms with Crippen molar-refractivity contribution in [3.63, 3.8) is 0 Å². The van der Waals surface area contributed by atoms with E-state index in [1.165, 1.54) is 30.8 Å². The van der Waals surface area contributed by atoms with E-state index in [9.17, 15) is 0 Å². The minimum atomic E-state index is 0.841. The number of aryl methyl sites for hydroxylation is 1. The van der Waals surface area contributed by atoms with Crippen molar-refractivity contribution < 1.29 is 0 Å². The maximum atomic E-state index is 4.27. The summed E-state index contributed by atoms with van der Waals surface area (Å²) in [7, 11) is 0. The summed E-state index contributed by atoms with van der Waals surface area (Å²) in [5.74, 6) is 0.841. The Morgan fingerprint density at radius 3 is 3.00 bits per heavy atom. The summed E-state index contributed by atoms with van der Waals surface area (Å²) in [5.41, 5.74) is 2.59. The highest BCUT2D eigenvalue weighted by Crippen LogP contribution is 2.13. The predicted octanol–water partition coefficient (Wildman–Crippen LogP) is 1.15. The summed E-state index contributed by atoms with van der Waals surface area (Å²) in [6.45, 7) is 4.43. The molecule has 0 aromatic carbocycles. The van der Waals surface area contributed by atoms with Gasteiger partial charge >= 0.3 is 0 Å². The van der Waals surface area contributed by atoms with E-state index in [0.717, 1.165) is 5.92 Å². The van der Waals surface area contributed by atoms with Crippen LogP contribution in [0, 0.1) is 12.8 Å². The van der Waals surface area contributed by atoms with Crippen molar-refractivity contribution in [2.45, 2.75) is 13.3 Å². The number of nitrogens with zero attached hydrogens (tertiary/aromatic N) is 1. The molecule has 0 atom stereocenters. The summed E-state index contributed by atoms with van der Waals surface area (Å²) in [6, 6.07) is 4.20. The first-order valence-electron chi connectivity index (χ1n) is 4.47. The third-order valence-corrected chi connectivity index (χ3v) is 2.49. The molecule has 0 unspecified atom stereocenters. The number of rotatable bonds is 2. The third-order valence-electron chi connectivity index (χ3n) is 2.49. The normalized spacial score (nSPS) is 17.4. The van der Waals surface area contributed by atoms with Crippen molar-refractivity contribution in [2.24, 2.45) is 5.92 Å². The monoisotopic (exact) mass is 162 g/mol. The second-order valence-corrected chi connectivity index (χ2v) is 3.48. The largest absolute Gasteiger partial charge is 0.316 e. The van der Waals surface area contributed by atoms with Crippen LogP contribution in [0.2, 0.25) is 0 Å². The summed E-state index contributed by atoms with van der Waals surface area (Å²) in [4.78, 5) is 4.27. The Morgan fingerprint density at radius 1 is 1.58 bits per heavy atom. The van der Waals surface area contributed by atoms with Gasteiger partial charge in [0.05, 0.1) is 0 Å². The van der Waals surface area contributed by atoms with E-state index in [-0.39, 0.29) is 0 Å². The average molecular weight is 162 g/mol. The maximum absolute atomic E-state index is 4.27. The Hall–Kier alpha value is -0.890. The summed E-state index contributed by atoms with van der Waals surface area (Å²) in [6.07, 6.45) is 3.05. The maximum Gasteiger partial charge on any atom is 0.0404 e. The van der Waals surface area contributed by atoms with E-state index < -0.39 is 0 Å². The lowest BCUT2D eigenvalue weighted by Gasteiger charge is -2.27. The first kappa shape index (κ1) is 7.74. The second-order valence-electron chi connectivity index (χ2n) is 3.48. The zero-order valence-electron chi connectivity index (χ0n) is 7.38. The smallest absolute Gasteiger partial charge is 0.0404 e. The molecule has 1 aliphatic rings. The lowest BCUT2D eigenvalue weighted by atomic mass is 9.94. The topological polar surface area (TPSA) is 24.9 Å². The number of nitrogens with one attached hydrogen (secondary N) is 1. The molecule has 1 fully saturated rings. The van der Waals surface area contributed by atoms with Gasteiger partial charge in [-0.15, -0.1) is 0 Å². The van der Waals surface area contributed by atoms with Gasteiger partial charge in [-0.2, -0.15) is 0 Å². The number of hydrogen-bond acceptors (Lipinski definition) is 2. The van der Waals surface area contributed by atoms with E-state index in [0.29, 0.717) is 0 Å². The van der Waals surface area contributed by atoms with Crippen LogP contribution < -0.4 is 5.32 Å². The summed E-state index contributed by atoms with van der Waals surface area (Å²) in [5, 5.41) is 3.28. The van der Waals surface area contributed by atoms with Crippen LogP contribution in [0.1, 0.15) is 11.3 Å². The molecule has 1 saturated heterocycles. The molecule has 0 radical (unpaired) electrons. The Balaban J connectivity index is 2.06. The highest BCUT2D eigenvalue weighted by molar-refractivity contribution is 5.19. The van der Waals surface area contributed by atoms with Gasteiger partial charge in [0.2, 0.25) is 0 Å². The van der Waals surface area contributed by atoms with Crippen molar-refractivity contribution in [3.05, 3.63) is 29.6 Å². The minimum Gasteiger partial charge on any atom is -0.316 e. The molecule has 0 saturated carbocycles. The average Bonchev–Trinajstić information content (AvgIpc) is 2.00. The number of aromatic nitrogens is 1. The van der Waals surface area contributed by atoms with Crippen LogP contribution in [0.4, 0.5) is 0 Å². The fourth-order valence-electron chi connectivity index (χ4n) is 1.54. The van der Waals surface area contributed by atoms with Gasteiger partial charge in [-0.1, -0.05) is 6.07 Å². The van der Waals surface area contributed by atoms with Crippen LogP contribution in [0.25, 0.3) is 0 Å². The molecule has 1 aliphatic heterocycles. The van der Waals surface area contributed by atoms with Gasteiger partial charge in [0.1, 0.15) is 0 Å². The molecule has 12 heavy (non-hydrogen) atoms. The molecule has 2 heterocycles. The van der Waals surface area contributed by atoms with Gasteiger partial charge in [-0.25, -0.2) is 0 Å². The van der Waals surface area contributed by atoms with Crippen LogP contribution in [0.3, 0.4) is 0 Å². The first-order chi connectivity index (χ1) is 5.86. The molecule has 0 amide bonds. The summed E-state index contributed by atoms with van der Waals surface area (Å²) >= 11 is 0. The first-order valence-corrected chi connectivity index (χ1v) is 4.47. The van der Waals surface area contributed by atoms with E-state index >= 15 is 0 Å². The number of hydrogen-bond donors (Lipinski definition) is 1. The Morgan fingerprint density at radius 2 is 2.42 bits per heavy atom. The second kappa shape index (κ2) is 3.23. The Labute approximate surface area is 73.0 Å². The van der Waals surface area contributed by atoms with Crippen LogP contribution in [-0.2, 0) is 6.42 Å². The molecule has 0 bridgehead atoms. The van der Waals surface area contributed by atoms with Crippen LogP contribution in [0.15, 0.2) is 18.3 Å². The predicted molar refractivity (Wildman–Crippen MR) is 49.0 cm³/mol. The van der Waals surface area contributed by atoms with Crippen LogP contribution in [0.5, 0.6) is 0 Å².